The standard InChI is InChI=1S/C32H28N6O2S2/c39-30-29(42-32(40)37-30)16-22-9-12-34-31(35-22)38-13-10-20(11-14-38)17-33-18-27-23-6-2-1-5-21(23)15-26(36-27)25-19-41-28-8-4-3-7-24(25)28/h1-9,12,15-16,19-20,33H,10-11,13-14,17-18H2,(H,37,39,40)/b29-16+. The second-order valence-corrected chi connectivity index (χ2v) is 12.4. The van der Waals surface area contributed by atoms with E-state index in [4.69, 9.17) is 4.98 Å². The van der Waals surface area contributed by atoms with Crippen LogP contribution in [0.5, 0.6) is 0 Å². The lowest BCUT2D eigenvalue weighted by Gasteiger charge is -2.32. The van der Waals surface area contributed by atoms with Crippen molar-refractivity contribution in [3.05, 3.63) is 88.5 Å². The number of hydrogen-bond acceptors (Lipinski definition) is 9. The number of rotatable bonds is 7. The monoisotopic (exact) mass is 592 g/mol. The molecule has 2 saturated heterocycles. The molecule has 210 valence electrons. The van der Waals surface area contributed by atoms with Gasteiger partial charge >= 0.3 is 0 Å². The van der Waals surface area contributed by atoms with Gasteiger partial charge in [-0.05, 0) is 66.7 Å². The van der Waals surface area contributed by atoms with E-state index >= 15 is 0 Å². The molecule has 0 unspecified atom stereocenters. The van der Waals surface area contributed by atoms with E-state index in [1.54, 1.807) is 29.7 Å². The highest BCUT2D eigenvalue weighted by molar-refractivity contribution is 8.18. The molecule has 42 heavy (non-hydrogen) atoms. The van der Waals surface area contributed by atoms with Gasteiger partial charge in [0.1, 0.15) is 0 Å². The van der Waals surface area contributed by atoms with Crippen molar-refractivity contribution in [3.8, 4) is 11.3 Å². The maximum absolute atomic E-state index is 11.9. The third-order valence-corrected chi connectivity index (χ3v) is 9.56. The molecule has 2 N–H and O–H groups in total. The fourth-order valence-electron chi connectivity index (χ4n) is 5.60. The number of anilines is 1. The van der Waals surface area contributed by atoms with E-state index in [9.17, 15) is 9.59 Å². The molecule has 2 fully saturated rings. The number of benzene rings is 2. The number of carbonyl (C=O) groups excluding carboxylic acids is 2. The van der Waals surface area contributed by atoms with Crippen LogP contribution in [-0.4, -0.2) is 45.7 Å². The molecular formula is C32H28N6O2S2. The van der Waals surface area contributed by atoms with E-state index in [2.05, 4.69) is 85.5 Å². The Balaban J connectivity index is 0.997. The first-order chi connectivity index (χ1) is 20.6. The molecule has 2 aliphatic heterocycles. The van der Waals surface area contributed by atoms with Gasteiger partial charge in [0.25, 0.3) is 11.1 Å². The van der Waals surface area contributed by atoms with E-state index in [1.165, 1.54) is 26.4 Å². The normalized spacial score (nSPS) is 17.0. The first-order valence-corrected chi connectivity index (χ1v) is 15.7. The van der Waals surface area contributed by atoms with Gasteiger partial charge in [-0.25, -0.2) is 9.97 Å². The summed E-state index contributed by atoms with van der Waals surface area (Å²) in [5.41, 5.74) is 3.91. The molecule has 0 saturated carbocycles. The molecule has 0 atom stereocenters. The summed E-state index contributed by atoms with van der Waals surface area (Å²) in [7, 11) is 0. The highest BCUT2D eigenvalue weighted by Crippen LogP contribution is 2.35. The molecule has 7 rings (SSSR count). The van der Waals surface area contributed by atoms with Crippen molar-refractivity contribution < 1.29 is 9.59 Å². The third-order valence-electron chi connectivity index (χ3n) is 7.78. The van der Waals surface area contributed by atoms with Crippen LogP contribution in [0.4, 0.5) is 10.7 Å². The summed E-state index contributed by atoms with van der Waals surface area (Å²) in [5.74, 6) is 0.818. The molecule has 2 aliphatic rings. The summed E-state index contributed by atoms with van der Waals surface area (Å²) in [6.45, 7) is 3.36. The molecule has 8 nitrogen and oxygen atoms in total. The van der Waals surface area contributed by atoms with Crippen LogP contribution >= 0.6 is 23.1 Å². The van der Waals surface area contributed by atoms with Crippen LogP contribution < -0.4 is 15.5 Å². The molecule has 5 heterocycles. The number of thiophene rings is 1. The summed E-state index contributed by atoms with van der Waals surface area (Å²) < 4.78 is 1.28. The van der Waals surface area contributed by atoms with Crippen LogP contribution in [0.2, 0.25) is 0 Å². The summed E-state index contributed by atoms with van der Waals surface area (Å²) in [4.78, 5) is 40.1. The van der Waals surface area contributed by atoms with Crippen LogP contribution in [0.25, 0.3) is 38.2 Å². The molecule has 2 amide bonds. The predicted molar refractivity (Wildman–Crippen MR) is 170 cm³/mol. The molecule has 5 aromatic rings. The molecule has 0 spiro atoms. The van der Waals surface area contributed by atoms with Crippen LogP contribution in [-0.2, 0) is 11.3 Å². The smallest absolute Gasteiger partial charge is 0.290 e. The molecule has 3 aromatic heterocycles. The van der Waals surface area contributed by atoms with Gasteiger partial charge < -0.3 is 10.2 Å². The summed E-state index contributed by atoms with van der Waals surface area (Å²) >= 11 is 2.66. The average molecular weight is 593 g/mol. The predicted octanol–water partition coefficient (Wildman–Crippen LogP) is 6.24. The second kappa shape index (κ2) is 11.6. The minimum Gasteiger partial charge on any atom is -0.341 e. The molecular weight excluding hydrogens is 565 g/mol. The zero-order chi connectivity index (χ0) is 28.5. The van der Waals surface area contributed by atoms with Crippen LogP contribution in [0.3, 0.4) is 0 Å². The van der Waals surface area contributed by atoms with Crippen LogP contribution in [0.15, 0.2) is 77.1 Å². The van der Waals surface area contributed by atoms with Gasteiger partial charge in [0.2, 0.25) is 5.95 Å². The number of aromatic nitrogens is 3. The highest BCUT2D eigenvalue weighted by Gasteiger charge is 2.26. The highest BCUT2D eigenvalue weighted by atomic mass is 32.2. The lowest BCUT2D eigenvalue weighted by atomic mass is 9.97. The van der Waals surface area contributed by atoms with E-state index in [-0.39, 0.29) is 11.1 Å². The number of nitrogens with one attached hydrogen (secondary N) is 2. The van der Waals surface area contributed by atoms with Gasteiger partial charge in [-0.2, -0.15) is 0 Å². The Hall–Kier alpha value is -4.12. The van der Waals surface area contributed by atoms with Crippen molar-refractivity contribution in [3.63, 3.8) is 0 Å². The lowest BCUT2D eigenvalue weighted by molar-refractivity contribution is -0.115. The van der Waals surface area contributed by atoms with Gasteiger partial charge in [0.05, 0.1) is 22.0 Å². The van der Waals surface area contributed by atoms with Gasteiger partial charge in [0.15, 0.2) is 0 Å². The van der Waals surface area contributed by atoms with Crippen molar-refractivity contribution in [1.29, 1.82) is 0 Å². The second-order valence-electron chi connectivity index (χ2n) is 10.5. The van der Waals surface area contributed by atoms with Crippen molar-refractivity contribution in [2.24, 2.45) is 5.92 Å². The number of piperidine rings is 1. The first-order valence-electron chi connectivity index (χ1n) is 14.0. The number of carbonyl (C=O) groups is 2. The molecule has 0 bridgehead atoms. The number of thioether (sulfide) groups is 1. The van der Waals surface area contributed by atoms with E-state index < -0.39 is 0 Å². The SMILES string of the molecule is O=C1NC(=O)/C(=C\c2ccnc(N3CCC(CNCc4nc(-c5csc6ccccc56)cc5ccccc45)CC3)n2)S1. The van der Waals surface area contributed by atoms with Crippen molar-refractivity contribution in [2.45, 2.75) is 19.4 Å². The van der Waals surface area contributed by atoms with Gasteiger partial charge in [-0.1, -0.05) is 42.5 Å². The summed E-state index contributed by atoms with van der Waals surface area (Å²) in [6.07, 6.45) is 5.40. The van der Waals surface area contributed by atoms with Crippen LogP contribution in [0.1, 0.15) is 24.2 Å². The Kier molecular flexibility index (Phi) is 7.41. The molecule has 10 heteroatoms. The Morgan fingerprint density at radius 1 is 1.00 bits per heavy atom. The number of nitrogens with zero attached hydrogens (tertiary/aromatic N) is 4. The van der Waals surface area contributed by atoms with Crippen LogP contribution in [0, 0.1) is 5.92 Å². The van der Waals surface area contributed by atoms with E-state index in [1.807, 2.05) is 0 Å². The minimum absolute atomic E-state index is 0.353. The Bertz CT molecular complexity index is 1840. The largest absolute Gasteiger partial charge is 0.341 e. The fourth-order valence-corrected chi connectivity index (χ4v) is 7.22. The zero-order valence-electron chi connectivity index (χ0n) is 22.7. The minimum atomic E-state index is -0.381. The number of imide groups is 1. The van der Waals surface area contributed by atoms with Crippen molar-refractivity contribution in [2.75, 3.05) is 24.5 Å². The number of amides is 2. The van der Waals surface area contributed by atoms with E-state index in [0.717, 1.165) is 55.6 Å². The summed E-state index contributed by atoms with van der Waals surface area (Å²) in [5, 5.41) is 11.5. The van der Waals surface area contributed by atoms with Gasteiger partial charge in [-0.15, -0.1) is 11.3 Å². The fraction of sp³-hybridized carbons (Fsp3) is 0.219. The van der Waals surface area contributed by atoms with Crippen molar-refractivity contribution in [1.82, 2.24) is 25.6 Å². The topological polar surface area (TPSA) is 100 Å². The first kappa shape index (κ1) is 26.8. The molecule has 0 radical (unpaired) electrons. The number of pyridine rings is 1. The maximum Gasteiger partial charge on any atom is 0.290 e. The molecule has 2 aromatic carbocycles. The number of hydrogen-bond donors (Lipinski definition) is 2. The Labute approximate surface area is 251 Å². The Morgan fingerprint density at radius 3 is 2.64 bits per heavy atom. The van der Waals surface area contributed by atoms with Gasteiger partial charge in [-0.3, -0.25) is 19.9 Å². The molecule has 0 aliphatic carbocycles. The average Bonchev–Trinajstić information content (AvgIpc) is 3.59. The van der Waals surface area contributed by atoms with Gasteiger partial charge in [0, 0.05) is 52.2 Å². The summed E-state index contributed by atoms with van der Waals surface area (Å²) in [6, 6.07) is 21.0. The quantitative estimate of drug-likeness (QED) is 0.214. The Morgan fingerprint density at radius 2 is 1.81 bits per heavy atom. The number of fused-ring (bicyclic) bond motifs is 2. The maximum atomic E-state index is 11.9. The van der Waals surface area contributed by atoms with Crippen molar-refractivity contribution >= 4 is 67.1 Å². The zero-order valence-corrected chi connectivity index (χ0v) is 24.4. The lowest BCUT2D eigenvalue weighted by Crippen LogP contribution is -2.38. The van der Waals surface area contributed by atoms with E-state index in [0.29, 0.717) is 29.0 Å². The third kappa shape index (κ3) is 5.53.